The molecule has 2 aromatic carbocycles. The second kappa shape index (κ2) is 9.80. The Kier molecular flexibility index (Phi) is 7.04. The fourth-order valence-electron chi connectivity index (χ4n) is 4.01. The molecule has 33 heavy (non-hydrogen) atoms. The molecule has 1 unspecified atom stereocenters. The first kappa shape index (κ1) is 23.7. The van der Waals surface area contributed by atoms with Crippen LogP contribution in [0.15, 0.2) is 47.4 Å². The van der Waals surface area contributed by atoms with Crippen LogP contribution < -0.4 is 4.90 Å². The standard InChI is InChI=1S/C23H25ClN2O6S/c1-16(22(27)26-10-4-6-17-5-2-3-7-21(17)26)32-23(28)19-15-18(8-9-20(19)24)33(29,30)25-11-13-31-14-12-25/h2-3,5,7-9,15-16H,4,6,10-14H2,1H3. The summed E-state index contributed by atoms with van der Waals surface area (Å²) in [4.78, 5) is 27.5. The predicted octanol–water partition coefficient (Wildman–Crippen LogP) is 2.89. The fourth-order valence-corrected chi connectivity index (χ4v) is 5.64. The van der Waals surface area contributed by atoms with Crippen LogP contribution in [0.5, 0.6) is 0 Å². The lowest BCUT2D eigenvalue weighted by Gasteiger charge is -2.31. The Balaban J connectivity index is 1.52. The van der Waals surface area contributed by atoms with Crippen molar-refractivity contribution in [2.45, 2.75) is 30.8 Å². The summed E-state index contributed by atoms with van der Waals surface area (Å²) < 4.78 is 37.8. The third kappa shape index (κ3) is 4.91. The molecule has 8 nitrogen and oxygen atoms in total. The Morgan fingerprint density at radius 2 is 1.82 bits per heavy atom. The number of rotatable bonds is 5. The monoisotopic (exact) mass is 492 g/mol. The molecule has 1 saturated heterocycles. The summed E-state index contributed by atoms with van der Waals surface area (Å²) in [7, 11) is -3.82. The van der Waals surface area contributed by atoms with Crippen LogP contribution in [0.4, 0.5) is 5.69 Å². The van der Waals surface area contributed by atoms with Gasteiger partial charge < -0.3 is 14.4 Å². The molecular weight excluding hydrogens is 468 g/mol. The first-order chi connectivity index (χ1) is 15.8. The highest BCUT2D eigenvalue weighted by molar-refractivity contribution is 7.89. The van der Waals surface area contributed by atoms with Crippen LogP contribution in [-0.4, -0.2) is 63.6 Å². The van der Waals surface area contributed by atoms with Crippen molar-refractivity contribution in [2.75, 3.05) is 37.7 Å². The van der Waals surface area contributed by atoms with Gasteiger partial charge in [-0.1, -0.05) is 29.8 Å². The molecule has 0 spiro atoms. The van der Waals surface area contributed by atoms with Crippen molar-refractivity contribution in [1.29, 1.82) is 0 Å². The van der Waals surface area contributed by atoms with Crippen LogP contribution in [0.25, 0.3) is 0 Å². The maximum Gasteiger partial charge on any atom is 0.340 e. The van der Waals surface area contributed by atoms with Crippen LogP contribution in [0.1, 0.15) is 29.3 Å². The molecule has 2 aromatic rings. The number of carbonyl (C=O) groups excluding carboxylic acids is 2. The molecule has 0 saturated carbocycles. The summed E-state index contributed by atoms with van der Waals surface area (Å²) in [6.07, 6.45) is 0.629. The summed E-state index contributed by atoms with van der Waals surface area (Å²) in [5, 5.41) is 0.0453. The van der Waals surface area contributed by atoms with Gasteiger partial charge >= 0.3 is 5.97 Å². The highest BCUT2D eigenvalue weighted by Crippen LogP contribution is 2.28. The molecule has 1 amide bonds. The number of esters is 1. The van der Waals surface area contributed by atoms with Gasteiger partial charge in [0.1, 0.15) is 0 Å². The number of sulfonamides is 1. The average molecular weight is 493 g/mol. The van der Waals surface area contributed by atoms with E-state index in [1.54, 1.807) is 4.90 Å². The summed E-state index contributed by atoms with van der Waals surface area (Å²) in [6.45, 7) is 3.11. The molecule has 1 fully saturated rings. The highest BCUT2D eigenvalue weighted by atomic mass is 35.5. The largest absolute Gasteiger partial charge is 0.449 e. The summed E-state index contributed by atoms with van der Waals surface area (Å²) >= 11 is 6.18. The number of anilines is 1. The van der Waals surface area contributed by atoms with Crippen molar-refractivity contribution >= 4 is 39.2 Å². The highest BCUT2D eigenvalue weighted by Gasteiger charge is 2.31. The first-order valence-corrected chi connectivity index (χ1v) is 12.6. The van der Waals surface area contributed by atoms with Gasteiger partial charge in [-0.15, -0.1) is 0 Å². The Morgan fingerprint density at radius 1 is 1.09 bits per heavy atom. The van der Waals surface area contributed by atoms with Crippen molar-refractivity contribution in [1.82, 2.24) is 4.31 Å². The van der Waals surface area contributed by atoms with Crippen molar-refractivity contribution < 1.29 is 27.5 Å². The number of halogens is 1. The number of carbonyl (C=O) groups is 2. The Morgan fingerprint density at radius 3 is 2.58 bits per heavy atom. The number of hydrogen-bond donors (Lipinski definition) is 0. The number of amides is 1. The lowest BCUT2D eigenvalue weighted by molar-refractivity contribution is -0.126. The predicted molar refractivity (Wildman–Crippen MR) is 123 cm³/mol. The molecule has 10 heteroatoms. The van der Waals surface area contributed by atoms with Crippen LogP contribution in [0.2, 0.25) is 5.02 Å². The summed E-state index contributed by atoms with van der Waals surface area (Å²) in [5.41, 5.74) is 1.78. The topological polar surface area (TPSA) is 93.2 Å². The minimum absolute atomic E-state index is 0.0453. The van der Waals surface area contributed by atoms with Gasteiger partial charge in [0.2, 0.25) is 10.0 Å². The van der Waals surface area contributed by atoms with Crippen LogP contribution in [0, 0.1) is 0 Å². The number of aryl methyl sites for hydroxylation is 1. The second-order valence-electron chi connectivity index (χ2n) is 7.93. The zero-order valence-corrected chi connectivity index (χ0v) is 19.8. The third-order valence-corrected chi connectivity index (χ3v) is 8.00. The number of nitrogens with zero attached hydrogens (tertiary/aromatic N) is 2. The van der Waals surface area contributed by atoms with Crippen LogP contribution in [0.3, 0.4) is 0 Å². The van der Waals surface area contributed by atoms with Crippen molar-refractivity contribution in [3.05, 3.63) is 58.6 Å². The maximum atomic E-state index is 13.0. The zero-order valence-electron chi connectivity index (χ0n) is 18.2. The van der Waals surface area contributed by atoms with E-state index < -0.39 is 22.1 Å². The molecule has 0 aromatic heterocycles. The number of para-hydroxylation sites is 1. The minimum atomic E-state index is -3.82. The van der Waals surface area contributed by atoms with Crippen molar-refractivity contribution in [3.63, 3.8) is 0 Å². The van der Waals surface area contributed by atoms with E-state index in [1.165, 1.54) is 29.4 Å². The van der Waals surface area contributed by atoms with Crippen LogP contribution in [-0.2, 0) is 30.7 Å². The number of morpholine rings is 1. The Hall–Kier alpha value is -2.46. The fraction of sp³-hybridized carbons (Fsp3) is 0.391. The quantitative estimate of drug-likeness (QED) is 0.596. The summed E-state index contributed by atoms with van der Waals surface area (Å²) in [5.74, 6) is -1.20. The van der Waals surface area contributed by atoms with Gasteiger partial charge in [0.05, 0.1) is 28.7 Å². The Bertz CT molecular complexity index is 1160. The number of hydrogen-bond acceptors (Lipinski definition) is 6. The van der Waals surface area contributed by atoms with E-state index in [-0.39, 0.29) is 34.5 Å². The van der Waals surface area contributed by atoms with E-state index in [1.807, 2.05) is 24.3 Å². The van der Waals surface area contributed by atoms with E-state index in [0.717, 1.165) is 24.1 Å². The molecule has 4 rings (SSSR count). The molecule has 0 N–H and O–H groups in total. The maximum absolute atomic E-state index is 13.0. The zero-order chi connectivity index (χ0) is 23.6. The number of fused-ring (bicyclic) bond motifs is 1. The molecule has 2 heterocycles. The molecule has 0 radical (unpaired) electrons. The molecule has 0 aliphatic carbocycles. The van der Waals surface area contributed by atoms with E-state index in [4.69, 9.17) is 21.1 Å². The second-order valence-corrected chi connectivity index (χ2v) is 10.3. The minimum Gasteiger partial charge on any atom is -0.449 e. The molecule has 2 aliphatic heterocycles. The van der Waals surface area contributed by atoms with Gasteiger partial charge in [-0.25, -0.2) is 13.2 Å². The SMILES string of the molecule is CC(OC(=O)c1cc(S(=O)(=O)N2CCOCC2)ccc1Cl)C(=O)N1CCCc2ccccc21. The normalized spacial score (nSPS) is 17.8. The van der Waals surface area contributed by atoms with Gasteiger partial charge in [0.15, 0.2) is 6.10 Å². The molecule has 2 aliphatic rings. The number of benzene rings is 2. The van der Waals surface area contributed by atoms with E-state index in [9.17, 15) is 18.0 Å². The van der Waals surface area contributed by atoms with Gasteiger partial charge in [0.25, 0.3) is 5.91 Å². The molecule has 176 valence electrons. The number of ether oxygens (including phenoxy) is 2. The van der Waals surface area contributed by atoms with Gasteiger partial charge in [-0.2, -0.15) is 4.31 Å². The smallest absolute Gasteiger partial charge is 0.340 e. The Labute approximate surface area is 198 Å². The average Bonchev–Trinajstić information content (AvgIpc) is 2.83. The van der Waals surface area contributed by atoms with Gasteiger partial charge in [-0.05, 0) is 49.6 Å². The lowest BCUT2D eigenvalue weighted by atomic mass is 10.0. The van der Waals surface area contributed by atoms with Gasteiger partial charge in [-0.3, -0.25) is 4.79 Å². The molecule has 0 bridgehead atoms. The van der Waals surface area contributed by atoms with Crippen molar-refractivity contribution in [3.8, 4) is 0 Å². The van der Waals surface area contributed by atoms with Crippen molar-refractivity contribution in [2.24, 2.45) is 0 Å². The molecule has 1 atom stereocenters. The third-order valence-electron chi connectivity index (χ3n) is 5.77. The summed E-state index contributed by atoms with van der Waals surface area (Å²) in [6, 6.07) is 11.5. The van der Waals surface area contributed by atoms with E-state index >= 15 is 0 Å². The van der Waals surface area contributed by atoms with E-state index in [2.05, 4.69) is 0 Å². The van der Waals surface area contributed by atoms with E-state index in [0.29, 0.717) is 19.8 Å². The first-order valence-electron chi connectivity index (χ1n) is 10.8. The van der Waals surface area contributed by atoms with Crippen LogP contribution >= 0.6 is 11.6 Å². The molecular formula is C23H25ClN2O6S. The lowest BCUT2D eigenvalue weighted by Crippen LogP contribution is -2.42. The van der Waals surface area contributed by atoms with Gasteiger partial charge in [0, 0.05) is 25.3 Å².